The van der Waals surface area contributed by atoms with E-state index in [1.807, 2.05) is 18.2 Å². The van der Waals surface area contributed by atoms with Gasteiger partial charge in [0.05, 0.1) is 37.5 Å². The Hall–Kier alpha value is -3.18. The molecule has 0 bridgehead atoms. The molecular weight excluding hydrogens is 581 g/mol. The van der Waals surface area contributed by atoms with Gasteiger partial charge in [0.15, 0.2) is 4.80 Å². The number of esters is 1. The summed E-state index contributed by atoms with van der Waals surface area (Å²) in [7, 11) is -3.82. The number of thiazole rings is 1. The van der Waals surface area contributed by atoms with Crippen LogP contribution in [0.3, 0.4) is 0 Å². The van der Waals surface area contributed by atoms with E-state index in [4.69, 9.17) is 27.9 Å². The smallest absolute Gasteiger partial charge is 0.326 e. The normalized spacial score (nSPS) is 13.9. The molecule has 0 saturated carbocycles. The lowest BCUT2D eigenvalue weighted by molar-refractivity contribution is -0.143. The van der Waals surface area contributed by atoms with Gasteiger partial charge in [0.25, 0.3) is 15.9 Å². The minimum Gasteiger partial charge on any atom is -0.465 e. The predicted molar refractivity (Wildman–Crippen MR) is 152 cm³/mol. The van der Waals surface area contributed by atoms with Crippen molar-refractivity contribution in [3.8, 4) is 0 Å². The maximum Gasteiger partial charge on any atom is 0.326 e. The number of carbonyl (C=O) groups is 2. The molecule has 1 aliphatic heterocycles. The number of halogens is 2. The third kappa shape index (κ3) is 5.34. The average Bonchev–Trinajstić information content (AvgIpc) is 3.27. The Balaban J connectivity index is 1.49. The minimum atomic E-state index is -3.82. The predicted octanol–water partition coefficient (Wildman–Crippen LogP) is 5.46. The van der Waals surface area contributed by atoms with Crippen LogP contribution in [0.25, 0.3) is 10.2 Å². The Labute approximate surface area is 239 Å². The molecule has 202 valence electrons. The van der Waals surface area contributed by atoms with Crippen molar-refractivity contribution >= 4 is 72.3 Å². The summed E-state index contributed by atoms with van der Waals surface area (Å²) in [6, 6.07) is 16.5. The zero-order chi connectivity index (χ0) is 27.7. The number of anilines is 1. The molecule has 1 aromatic heterocycles. The first-order valence-electron chi connectivity index (χ1n) is 12.1. The van der Waals surface area contributed by atoms with Gasteiger partial charge >= 0.3 is 5.97 Å². The number of para-hydroxylation sites is 1. The van der Waals surface area contributed by atoms with E-state index in [-0.39, 0.29) is 33.4 Å². The van der Waals surface area contributed by atoms with E-state index in [2.05, 4.69) is 4.99 Å². The van der Waals surface area contributed by atoms with Gasteiger partial charge in [0.2, 0.25) is 0 Å². The Kier molecular flexibility index (Phi) is 7.82. The molecule has 0 saturated heterocycles. The summed E-state index contributed by atoms with van der Waals surface area (Å²) in [4.78, 5) is 30.0. The molecule has 0 aliphatic carbocycles. The lowest BCUT2D eigenvalue weighted by Crippen LogP contribution is -2.35. The molecule has 2 heterocycles. The van der Waals surface area contributed by atoms with Crippen molar-refractivity contribution in [2.75, 3.05) is 17.5 Å². The van der Waals surface area contributed by atoms with Gasteiger partial charge < -0.3 is 9.30 Å². The molecular formula is C27H23Cl2N3O5S2. The first kappa shape index (κ1) is 27.4. The number of hydrogen-bond donors (Lipinski definition) is 0. The van der Waals surface area contributed by atoms with Crippen LogP contribution in [0, 0.1) is 0 Å². The third-order valence-electron chi connectivity index (χ3n) is 6.28. The van der Waals surface area contributed by atoms with Crippen molar-refractivity contribution in [3.63, 3.8) is 0 Å². The van der Waals surface area contributed by atoms with Gasteiger partial charge in [-0.05, 0) is 67.8 Å². The molecule has 1 amide bonds. The fourth-order valence-corrected chi connectivity index (χ4v) is 7.52. The number of carbonyl (C=O) groups excluding carboxylic acids is 2. The highest BCUT2D eigenvalue weighted by atomic mass is 35.5. The highest BCUT2D eigenvalue weighted by molar-refractivity contribution is 7.92. The maximum atomic E-state index is 13.4. The Morgan fingerprint density at radius 2 is 1.79 bits per heavy atom. The van der Waals surface area contributed by atoms with E-state index < -0.39 is 21.9 Å². The van der Waals surface area contributed by atoms with Crippen molar-refractivity contribution in [2.45, 2.75) is 31.2 Å². The summed E-state index contributed by atoms with van der Waals surface area (Å²) in [5, 5.41) is 0.531. The number of ether oxygens (including phenoxy) is 1. The van der Waals surface area contributed by atoms with Gasteiger partial charge in [0.1, 0.15) is 6.54 Å². The van der Waals surface area contributed by atoms with E-state index >= 15 is 0 Å². The van der Waals surface area contributed by atoms with Crippen LogP contribution in [-0.4, -0.2) is 38.0 Å². The maximum absolute atomic E-state index is 13.4. The second kappa shape index (κ2) is 11.1. The van der Waals surface area contributed by atoms with Crippen LogP contribution in [0.5, 0.6) is 0 Å². The Bertz CT molecular complexity index is 1760. The van der Waals surface area contributed by atoms with Crippen LogP contribution in [-0.2, 0) is 32.5 Å². The summed E-state index contributed by atoms with van der Waals surface area (Å²) in [6.45, 7) is 2.06. The molecule has 0 N–H and O–H groups in total. The molecule has 0 atom stereocenters. The molecule has 39 heavy (non-hydrogen) atoms. The SMILES string of the molecule is CCOC(=O)Cn1c(=NC(=O)c2ccc(S(=O)(=O)N3CCCc4ccccc43)cc2)sc2ccc(Cl)c(Cl)c21. The zero-order valence-electron chi connectivity index (χ0n) is 20.8. The standard InChI is InChI=1S/C27H23Cl2N3O5S2/c1-2-37-23(33)16-31-25-22(14-13-20(28)24(25)29)38-27(31)30-26(34)18-9-11-19(12-10-18)39(35,36)32-15-5-7-17-6-3-4-8-21(17)32/h3-4,6,8-14H,2,5,7,15-16H2,1H3. The second-order valence-electron chi connectivity index (χ2n) is 8.73. The van der Waals surface area contributed by atoms with Crippen LogP contribution < -0.4 is 9.11 Å². The lowest BCUT2D eigenvalue weighted by Gasteiger charge is -2.30. The molecule has 1 aliphatic rings. The topological polar surface area (TPSA) is 98.0 Å². The fourth-order valence-electron chi connectivity index (χ4n) is 4.47. The molecule has 5 rings (SSSR count). The molecule has 12 heteroatoms. The van der Waals surface area contributed by atoms with Gasteiger partial charge in [-0.25, -0.2) is 8.42 Å². The van der Waals surface area contributed by atoms with Gasteiger partial charge in [0, 0.05) is 12.1 Å². The Morgan fingerprint density at radius 3 is 2.54 bits per heavy atom. The second-order valence-corrected chi connectivity index (χ2v) is 12.4. The summed E-state index contributed by atoms with van der Waals surface area (Å²) < 4.78 is 35.5. The van der Waals surface area contributed by atoms with Gasteiger partial charge in [-0.1, -0.05) is 52.7 Å². The van der Waals surface area contributed by atoms with Crippen LogP contribution in [0.1, 0.15) is 29.3 Å². The quantitative estimate of drug-likeness (QED) is 0.273. The minimum absolute atomic E-state index is 0.0800. The number of hydrogen-bond acceptors (Lipinski definition) is 6. The van der Waals surface area contributed by atoms with E-state index in [1.54, 1.807) is 25.1 Å². The summed E-state index contributed by atoms with van der Waals surface area (Å²) >= 11 is 13.8. The number of benzene rings is 3. The number of sulfonamides is 1. The number of amides is 1. The van der Waals surface area contributed by atoms with E-state index in [0.717, 1.165) is 18.4 Å². The number of nitrogens with zero attached hydrogens (tertiary/aromatic N) is 3. The lowest BCUT2D eigenvalue weighted by atomic mass is 10.0. The first-order valence-corrected chi connectivity index (χ1v) is 15.1. The fraction of sp³-hybridized carbons (Fsp3) is 0.222. The largest absolute Gasteiger partial charge is 0.465 e. The van der Waals surface area contributed by atoms with Gasteiger partial charge in [-0.15, -0.1) is 0 Å². The van der Waals surface area contributed by atoms with Crippen molar-refractivity contribution in [1.29, 1.82) is 0 Å². The van der Waals surface area contributed by atoms with Crippen LogP contribution in [0.15, 0.2) is 70.6 Å². The molecule has 3 aromatic carbocycles. The summed E-state index contributed by atoms with van der Waals surface area (Å²) in [6.07, 6.45) is 1.55. The molecule has 0 spiro atoms. The monoisotopic (exact) mass is 603 g/mol. The number of aromatic nitrogens is 1. The first-order chi connectivity index (χ1) is 18.7. The molecule has 0 radical (unpaired) electrons. The molecule has 0 fully saturated rings. The van der Waals surface area contributed by atoms with E-state index in [0.29, 0.717) is 27.5 Å². The van der Waals surface area contributed by atoms with Crippen molar-refractivity contribution in [1.82, 2.24) is 4.57 Å². The molecule has 4 aromatic rings. The highest BCUT2D eigenvalue weighted by Crippen LogP contribution is 2.33. The molecule has 0 unspecified atom stereocenters. The van der Waals surface area contributed by atoms with Crippen LogP contribution in [0.2, 0.25) is 10.0 Å². The Morgan fingerprint density at radius 1 is 1.05 bits per heavy atom. The van der Waals surface area contributed by atoms with E-state index in [9.17, 15) is 18.0 Å². The number of fused-ring (bicyclic) bond motifs is 2. The average molecular weight is 605 g/mol. The third-order valence-corrected chi connectivity index (χ3v) is 9.95. The highest BCUT2D eigenvalue weighted by Gasteiger charge is 2.29. The van der Waals surface area contributed by atoms with Crippen molar-refractivity contribution in [3.05, 3.63) is 86.6 Å². The van der Waals surface area contributed by atoms with Crippen molar-refractivity contribution in [2.24, 2.45) is 4.99 Å². The summed E-state index contributed by atoms with van der Waals surface area (Å²) in [5.41, 5.74) is 2.32. The summed E-state index contributed by atoms with van der Waals surface area (Å²) in [5.74, 6) is -1.12. The van der Waals surface area contributed by atoms with Crippen LogP contribution >= 0.6 is 34.5 Å². The zero-order valence-corrected chi connectivity index (χ0v) is 23.9. The van der Waals surface area contributed by atoms with Gasteiger partial charge in [-0.2, -0.15) is 4.99 Å². The van der Waals surface area contributed by atoms with Crippen molar-refractivity contribution < 1.29 is 22.7 Å². The van der Waals surface area contributed by atoms with Crippen LogP contribution in [0.4, 0.5) is 5.69 Å². The number of rotatable bonds is 6. The number of aryl methyl sites for hydroxylation is 1. The van der Waals surface area contributed by atoms with Gasteiger partial charge in [-0.3, -0.25) is 13.9 Å². The molecule has 8 nitrogen and oxygen atoms in total. The van der Waals surface area contributed by atoms with E-state index in [1.165, 1.54) is 44.5 Å².